The van der Waals surface area contributed by atoms with Gasteiger partial charge in [-0.25, -0.2) is 15.0 Å². The number of carbonyl (C=O) groups excluding carboxylic acids is 1. The molecule has 6 N–H and O–H groups in total. The van der Waals surface area contributed by atoms with E-state index in [4.69, 9.17) is 10.2 Å². The van der Waals surface area contributed by atoms with Crippen molar-refractivity contribution in [1.82, 2.24) is 29.7 Å². The molecule has 1 aliphatic rings. The summed E-state index contributed by atoms with van der Waals surface area (Å²) in [6.07, 6.45) is 4.85. The zero-order valence-electron chi connectivity index (χ0n) is 18.0. The number of hydrogen-bond donors (Lipinski definition) is 1. The number of oxazole rings is 1. The van der Waals surface area contributed by atoms with Crippen LogP contribution in [0.1, 0.15) is 10.4 Å². The van der Waals surface area contributed by atoms with Crippen molar-refractivity contribution in [3.05, 3.63) is 54.5 Å². The van der Waals surface area contributed by atoms with Crippen molar-refractivity contribution in [2.45, 2.75) is 0 Å². The number of nitrogen functional groups attached to an aromatic ring is 1. The van der Waals surface area contributed by atoms with Crippen molar-refractivity contribution in [2.75, 3.05) is 39.0 Å². The predicted molar refractivity (Wildman–Crippen MR) is 123 cm³/mol. The molecule has 1 fully saturated rings. The lowest BCUT2D eigenvalue weighted by atomic mass is 10.1. The van der Waals surface area contributed by atoms with Gasteiger partial charge in [-0.1, -0.05) is 12.1 Å². The molecule has 0 spiro atoms. The van der Waals surface area contributed by atoms with Crippen LogP contribution in [-0.4, -0.2) is 79.8 Å². The number of benzene rings is 1. The van der Waals surface area contributed by atoms with Gasteiger partial charge in [0.1, 0.15) is 5.52 Å². The van der Waals surface area contributed by atoms with Gasteiger partial charge in [0.2, 0.25) is 5.89 Å². The number of amides is 1. The summed E-state index contributed by atoms with van der Waals surface area (Å²) < 4.78 is 5.76. The van der Waals surface area contributed by atoms with E-state index in [0.29, 0.717) is 28.1 Å². The van der Waals surface area contributed by atoms with Gasteiger partial charge in [0.05, 0.1) is 18.1 Å². The predicted octanol–water partition coefficient (Wildman–Crippen LogP) is 0.667. The Morgan fingerprint density at radius 3 is 2.42 bits per heavy atom. The maximum Gasteiger partial charge on any atom is 0.253 e. The lowest BCUT2D eigenvalue weighted by molar-refractivity contribution is 0.0664. The summed E-state index contributed by atoms with van der Waals surface area (Å²) in [5, 5.41) is 0. The zero-order valence-corrected chi connectivity index (χ0v) is 18.0. The van der Waals surface area contributed by atoms with E-state index >= 15 is 0 Å². The van der Waals surface area contributed by atoms with Crippen molar-refractivity contribution in [1.29, 1.82) is 0 Å². The third-order valence-electron chi connectivity index (χ3n) is 5.41. The molecule has 1 amide bonds. The second-order valence-corrected chi connectivity index (χ2v) is 7.52. The highest BCUT2D eigenvalue weighted by molar-refractivity contribution is 5.94. The van der Waals surface area contributed by atoms with E-state index in [-0.39, 0.29) is 28.6 Å². The van der Waals surface area contributed by atoms with Gasteiger partial charge in [0.15, 0.2) is 17.1 Å². The average molecular weight is 451 g/mol. The van der Waals surface area contributed by atoms with Gasteiger partial charge in [-0.3, -0.25) is 9.78 Å². The van der Waals surface area contributed by atoms with Crippen LogP contribution in [0.3, 0.4) is 0 Å². The monoisotopic (exact) mass is 451 g/mol. The van der Waals surface area contributed by atoms with E-state index < -0.39 is 0 Å². The minimum Gasteiger partial charge on any atom is -0.434 e. The molecule has 33 heavy (non-hydrogen) atoms. The van der Waals surface area contributed by atoms with E-state index in [1.54, 1.807) is 24.7 Å². The minimum absolute atomic E-state index is 0. The molecule has 3 aromatic heterocycles. The third kappa shape index (κ3) is 4.65. The standard InChI is InChI=1S/C22H21N7O2.2H2O/c1-28-8-10-29(11-9-28)22(30)15-4-2-14(3-5-15)16-13-25-20(23)19(26-16)21-27-17-12-24-7-6-18(17)31-21;;/h2-7,12-13H,8-11H2,1H3,(H2,23,25);2*1H2. The number of nitrogens with zero attached hydrogens (tertiary/aromatic N) is 6. The maximum absolute atomic E-state index is 12.8. The number of nitrogens with two attached hydrogens (primary N) is 1. The number of pyridine rings is 1. The largest absolute Gasteiger partial charge is 0.434 e. The van der Waals surface area contributed by atoms with Gasteiger partial charge < -0.3 is 30.9 Å². The molecule has 4 heterocycles. The Bertz CT molecular complexity index is 1220. The number of hydrogen-bond acceptors (Lipinski definition) is 8. The number of piperazine rings is 1. The SMILES string of the molecule is CN1CCN(C(=O)c2ccc(-c3cnc(N)c(-c4nc5cnccc5o4)n3)cc2)CC1.O.O. The normalized spacial score (nSPS) is 13.9. The van der Waals surface area contributed by atoms with Gasteiger partial charge >= 0.3 is 0 Å². The Hall–Kier alpha value is -3.93. The van der Waals surface area contributed by atoms with E-state index in [1.165, 1.54) is 0 Å². The molecule has 0 bridgehead atoms. The van der Waals surface area contributed by atoms with Crippen LogP contribution in [0.25, 0.3) is 33.9 Å². The maximum atomic E-state index is 12.8. The fourth-order valence-corrected chi connectivity index (χ4v) is 3.55. The third-order valence-corrected chi connectivity index (χ3v) is 5.41. The average Bonchev–Trinajstić information content (AvgIpc) is 3.24. The molecule has 11 nitrogen and oxygen atoms in total. The van der Waals surface area contributed by atoms with Gasteiger partial charge in [0, 0.05) is 49.6 Å². The fourth-order valence-electron chi connectivity index (χ4n) is 3.55. The summed E-state index contributed by atoms with van der Waals surface area (Å²) in [5.74, 6) is 0.561. The number of carbonyl (C=O) groups is 1. The van der Waals surface area contributed by atoms with Crippen molar-refractivity contribution in [3.63, 3.8) is 0 Å². The molecular weight excluding hydrogens is 426 g/mol. The van der Waals surface area contributed by atoms with Crippen LogP contribution in [-0.2, 0) is 0 Å². The molecule has 0 unspecified atom stereocenters. The fraction of sp³-hybridized carbons (Fsp3) is 0.227. The van der Waals surface area contributed by atoms with Crippen molar-refractivity contribution >= 4 is 22.8 Å². The van der Waals surface area contributed by atoms with E-state index in [0.717, 1.165) is 31.7 Å². The molecule has 5 rings (SSSR count). The first-order valence-corrected chi connectivity index (χ1v) is 10.0. The number of aromatic nitrogens is 4. The highest BCUT2D eigenvalue weighted by atomic mass is 16.3. The molecule has 0 saturated carbocycles. The zero-order chi connectivity index (χ0) is 21.4. The number of anilines is 1. The van der Waals surface area contributed by atoms with Gasteiger partial charge in [-0.05, 0) is 19.2 Å². The van der Waals surface area contributed by atoms with Crippen molar-refractivity contribution in [2.24, 2.45) is 0 Å². The highest BCUT2D eigenvalue weighted by Crippen LogP contribution is 2.28. The van der Waals surface area contributed by atoms with Crippen LogP contribution in [0.15, 0.2) is 53.3 Å². The molecule has 11 heteroatoms. The smallest absolute Gasteiger partial charge is 0.253 e. The Labute approximate surface area is 189 Å². The number of rotatable bonds is 3. The number of fused-ring (bicyclic) bond motifs is 1. The molecular formula is C22H25N7O4. The second kappa shape index (κ2) is 9.69. The van der Waals surface area contributed by atoms with E-state index in [2.05, 4.69) is 31.9 Å². The van der Waals surface area contributed by atoms with Crippen LogP contribution in [0.5, 0.6) is 0 Å². The second-order valence-electron chi connectivity index (χ2n) is 7.52. The molecule has 0 aliphatic carbocycles. The minimum atomic E-state index is 0. The van der Waals surface area contributed by atoms with Crippen LogP contribution < -0.4 is 5.73 Å². The topological polar surface area (TPSA) is 177 Å². The summed E-state index contributed by atoms with van der Waals surface area (Å²) >= 11 is 0. The first kappa shape index (κ1) is 23.7. The summed E-state index contributed by atoms with van der Waals surface area (Å²) in [7, 11) is 2.07. The highest BCUT2D eigenvalue weighted by Gasteiger charge is 2.20. The first-order chi connectivity index (χ1) is 15.1. The van der Waals surface area contributed by atoms with Crippen molar-refractivity contribution < 1.29 is 20.2 Å². The van der Waals surface area contributed by atoms with E-state index in [1.807, 2.05) is 29.2 Å². The molecule has 1 aliphatic heterocycles. The summed E-state index contributed by atoms with van der Waals surface area (Å²) in [6.45, 7) is 3.26. The lowest BCUT2D eigenvalue weighted by Gasteiger charge is -2.32. The molecule has 4 aromatic rings. The van der Waals surface area contributed by atoms with Crippen LogP contribution in [0.2, 0.25) is 0 Å². The quantitative estimate of drug-likeness (QED) is 0.472. The van der Waals surface area contributed by atoms with Gasteiger partial charge in [-0.2, -0.15) is 0 Å². The lowest BCUT2D eigenvalue weighted by Crippen LogP contribution is -2.47. The molecule has 0 radical (unpaired) electrons. The molecule has 1 saturated heterocycles. The summed E-state index contributed by atoms with van der Waals surface area (Å²) in [5.41, 5.74) is 9.71. The van der Waals surface area contributed by atoms with Gasteiger partial charge in [0.25, 0.3) is 5.91 Å². The molecule has 0 atom stereocenters. The van der Waals surface area contributed by atoms with E-state index in [9.17, 15) is 4.79 Å². The molecule has 1 aromatic carbocycles. The summed E-state index contributed by atoms with van der Waals surface area (Å²) in [4.78, 5) is 34.2. The van der Waals surface area contributed by atoms with Crippen LogP contribution >= 0.6 is 0 Å². The first-order valence-electron chi connectivity index (χ1n) is 10.0. The van der Waals surface area contributed by atoms with Crippen molar-refractivity contribution in [3.8, 4) is 22.8 Å². The van der Waals surface area contributed by atoms with Gasteiger partial charge in [-0.15, -0.1) is 0 Å². The Kier molecular flexibility index (Phi) is 6.97. The number of likely N-dealkylation sites (N-methyl/N-ethyl adjacent to an activating group) is 1. The summed E-state index contributed by atoms with van der Waals surface area (Å²) in [6, 6.07) is 9.10. The molecule has 172 valence electrons. The Balaban J connectivity index is 0.00000153. The Morgan fingerprint density at radius 2 is 1.73 bits per heavy atom. The van der Waals surface area contributed by atoms with Crippen LogP contribution in [0.4, 0.5) is 5.82 Å². The van der Waals surface area contributed by atoms with Crippen LogP contribution in [0, 0.1) is 0 Å². The Morgan fingerprint density at radius 1 is 1.00 bits per heavy atom.